The second kappa shape index (κ2) is 9.20. The van der Waals surface area contributed by atoms with E-state index in [0.717, 1.165) is 37.1 Å². The van der Waals surface area contributed by atoms with Crippen LogP contribution in [0.1, 0.15) is 30.9 Å². The first kappa shape index (κ1) is 20.9. The van der Waals surface area contributed by atoms with Crippen LogP contribution in [0, 0.1) is 0 Å². The zero-order valence-corrected chi connectivity index (χ0v) is 17.7. The third-order valence-electron chi connectivity index (χ3n) is 5.79. The molecular weight excluding hydrogens is 394 g/mol. The summed E-state index contributed by atoms with van der Waals surface area (Å²) in [6, 6.07) is 14.3. The van der Waals surface area contributed by atoms with Crippen LogP contribution >= 0.6 is 0 Å². The average Bonchev–Trinajstić information content (AvgIpc) is 3.31. The van der Waals surface area contributed by atoms with Crippen molar-refractivity contribution in [1.82, 2.24) is 9.80 Å². The SMILES string of the molecule is CC(=O)Nc1ccc2c(c1)CN(C(=O)COc1ccccc1)C(C(=O)N1CCCC1)C2. The fourth-order valence-corrected chi connectivity index (χ4v) is 4.24. The van der Waals surface area contributed by atoms with E-state index in [2.05, 4.69) is 5.32 Å². The number of amides is 3. The summed E-state index contributed by atoms with van der Waals surface area (Å²) in [5, 5.41) is 2.78. The fourth-order valence-electron chi connectivity index (χ4n) is 4.24. The predicted octanol–water partition coefficient (Wildman–Crippen LogP) is 2.60. The lowest BCUT2D eigenvalue weighted by atomic mass is 9.92. The van der Waals surface area contributed by atoms with Crippen molar-refractivity contribution in [2.24, 2.45) is 0 Å². The normalized spacial score (nSPS) is 17.8. The molecule has 0 radical (unpaired) electrons. The van der Waals surface area contributed by atoms with Gasteiger partial charge < -0.3 is 19.9 Å². The Bertz CT molecular complexity index is 970. The molecule has 1 N–H and O–H groups in total. The Morgan fingerprint density at radius 3 is 2.48 bits per heavy atom. The lowest BCUT2D eigenvalue weighted by Gasteiger charge is -2.38. The van der Waals surface area contributed by atoms with Crippen molar-refractivity contribution < 1.29 is 19.1 Å². The molecule has 0 saturated carbocycles. The standard InChI is InChI=1S/C24H27N3O4/c1-17(28)25-20-10-9-18-14-22(24(30)26-11-5-6-12-26)27(15-19(18)13-20)23(29)16-31-21-7-3-2-4-8-21/h2-4,7-10,13,22H,5-6,11-12,14-16H2,1H3,(H,25,28). The van der Waals surface area contributed by atoms with Crippen molar-refractivity contribution in [2.45, 2.75) is 38.8 Å². The van der Waals surface area contributed by atoms with Gasteiger partial charge in [0.15, 0.2) is 6.61 Å². The number of nitrogens with zero attached hydrogens (tertiary/aromatic N) is 2. The molecule has 0 aliphatic carbocycles. The summed E-state index contributed by atoms with van der Waals surface area (Å²) in [5.74, 6) is 0.241. The van der Waals surface area contributed by atoms with Crippen LogP contribution in [0.25, 0.3) is 0 Å². The van der Waals surface area contributed by atoms with Gasteiger partial charge in [0.25, 0.3) is 5.91 Å². The number of carbonyl (C=O) groups is 3. The zero-order chi connectivity index (χ0) is 21.8. The van der Waals surface area contributed by atoms with E-state index in [1.165, 1.54) is 6.92 Å². The average molecular weight is 421 g/mol. The molecule has 2 aromatic rings. The van der Waals surface area contributed by atoms with Crippen LogP contribution in [0.5, 0.6) is 5.75 Å². The quantitative estimate of drug-likeness (QED) is 0.805. The van der Waals surface area contributed by atoms with Crippen LogP contribution in [-0.2, 0) is 27.3 Å². The molecule has 2 aromatic carbocycles. The number of nitrogens with one attached hydrogen (secondary N) is 1. The van der Waals surface area contributed by atoms with E-state index >= 15 is 0 Å². The molecule has 4 rings (SSSR count). The molecule has 1 unspecified atom stereocenters. The topological polar surface area (TPSA) is 79.0 Å². The molecule has 1 fully saturated rings. The first-order valence-corrected chi connectivity index (χ1v) is 10.7. The molecule has 7 heteroatoms. The highest BCUT2D eigenvalue weighted by Crippen LogP contribution is 2.28. The Morgan fingerprint density at radius 2 is 1.77 bits per heavy atom. The van der Waals surface area contributed by atoms with Crippen molar-refractivity contribution in [3.05, 3.63) is 59.7 Å². The molecular formula is C24H27N3O4. The van der Waals surface area contributed by atoms with Gasteiger partial charge in [0.2, 0.25) is 11.8 Å². The van der Waals surface area contributed by atoms with Gasteiger partial charge in [-0.25, -0.2) is 0 Å². The monoisotopic (exact) mass is 421 g/mol. The molecule has 1 saturated heterocycles. The van der Waals surface area contributed by atoms with Gasteiger partial charge in [0, 0.05) is 38.7 Å². The third kappa shape index (κ3) is 4.87. The van der Waals surface area contributed by atoms with Crippen molar-refractivity contribution in [2.75, 3.05) is 25.0 Å². The second-order valence-electron chi connectivity index (χ2n) is 8.04. The van der Waals surface area contributed by atoms with Crippen molar-refractivity contribution in [1.29, 1.82) is 0 Å². The minimum Gasteiger partial charge on any atom is -0.484 e. The van der Waals surface area contributed by atoms with Gasteiger partial charge >= 0.3 is 0 Å². The number of benzene rings is 2. The van der Waals surface area contributed by atoms with E-state index < -0.39 is 6.04 Å². The van der Waals surface area contributed by atoms with E-state index in [1.807, 2.05) is 41.3 Å². The Morgan fingerprint density at radius 1 is 1.03 bits per heavy atom. The minimum absolute atomic E-state index is 0.00199. The first-order valence-electron chi connectivity index (χ1n) is 10.7. The molecule has 2 aliphatic rings. The van der Waals surface area contributed by atoms with Crippen LogP contribution in [-0.4, -0.2) is 53.3 Å². The Balaban J connectivity index is 1.56. The molecule has 0 bridgehead atoms. The summed E-state index contributed by atoms with van der Waals surface area (Å²) in [6.45, 7) is 3.12. The van der Waals surface area contributed by atoms with Gasteiger partial charge in [-0.3, -0.25) is 14.4 Å². The maximum Gasteiger partial charge on any atom is 0.261 e. The van der Waals surface area contributed by atoms with E-state index in [-0.39, 0.29) is 24.3 Å². The number of likely N-dealkylation sites (tertiary alicyclic amines) is 1. The first-order chi connectivity index (χ1) is 15.0. The maximum absolute atomic E-state index is 13.2. The van der Waals surface area contributed by atoms with Gasteiger partial charge in [-0.2, -0.15) is 0 Å². The van der Waals surface area contributed by atoms with Crippen LogP contribution in [0.3, 0.4) is 0 Å². The number of anilines is 1. The number of hydrogen-bond donors (Lipinski definition) is 1. The molecule has 3 amide bonds. The van der Waals surface area contributed by atoms with Gasteiger partial charge in [-0.1, -0.05) is 24.3 Å². The van der Waals surface area contributed by atoms with E-state index in [4.69, 9.17) is 4.74 Å². The summed E-state index contributed by atoms with van der Waals surface area (Å²) in [7, 11) is 0. The number of para-hydroxylation sites is 1. The van der Waals surface area contributed by atoms with Crippen molar-refractivity contribution in [3.63, 3.8) is 0 Å². The fraction of sp³-hybridized carbons (Fsp3) is 0.375. The predicted molar refractivity (Wildman–Crippen MR) is 117 cm³/mol. The number of fused-ring (bicyclic) bond motifs is 1. The number of ether oxygens (including phenoxy) is 1. The number of carbonyl (C=O) groups excluding carboxylic acids is 3. The Kier molecular flexibility index (Phi) is 6.21. The van der Waals surface area contributed by atoms with Crippen LogP contribution in [0.2, 0.25) is 0 Å². The van der Waals surface area contributed by atoms with E-state index in [0.29, 0.717) is 24.4 Å². The van der Waals surface area contributed by atoms with Gasteiger partial charge in [-0.05, 0) is 48.2 Å². The minimum atomic E-state index is -0.538. The Hall–Kier alpha value is -3.35. The summed E-state index contributed by atoms with van der Waals surface area (Å²) in [6.07, 6.45) is 2.46. The van der Waals surface area contributed by atoms with Crippen LogP contribution in [0.15, 0.2) is 48.5 Å². The lowest BCUT2D eigenvalue weighted by Crippen LogP contribution is -2.54. The summed E-state index contributed by atoms with van der Waals surface area (Å²) >= 11 is 0. The van der Waals surface area contributed by atoms with Gasteiger partial charge in [0.1, 0.15) is 11.8 Å². The van der Waals surface area contributed by atoms with Crippen LogP contribution < -0.4 is 10.1 Å². The third-order valence-corrected chi connectivity index (χ3v) is 5.79. The summed E-state index contributed by atoms with van der Waals surface area (Å²) in [4.78, 5) is 41.3. The second-order valence-corrected chi connectivity index (χ2v) is 8.04. The molecule has 0 aromatic heterocycles. The van der Waals surface area contributed by atoms with Crippen molar-refractivity contribution >= 4 is 23.4 Å². The highest BCUT2D eigenvalue weighted by atomic mass is 16.5. The molecule has 7 nitrogen and oxygen atoms in total. The summed E-state index contributed by atoms with van der Waals surface area (Å²) < 4.78 is 5.67. The molecule has 1 atom stereocenters. The summed E-state index contributed by atoms with van der Waals surface area (Å²) in [5.41, 5.74) is 2.65. The highest BCUT2D eigenvalue weighted by molar-refractivity contribution is 5.90. The molecule has 2 heterocycles. The highest BCUT2D eigenvalue weighted by Gasteiger charge is 2.37. The molecule has 31 heavy (non-hydrogen) atoms. The van der Waals surface area contributed by atoms with E-state index in [1.54, 1.807) is 17.0 Å². The van der Waals surface area contributed by atoms with Crippen LogP contribution in [0.4, 0.5) is 5.69 Å². The van der Waals surface area contributed by atoms with E-state index in [9.17, 15) is 14.4 Å². The molecule has 0 spiro atoms. The maximum atomic E-state index is 13.2. The molecule has 162 valence electrons. The number of rotatable bonds is 5. The Labute approximate surface area is 182 Å². The van der Waals surface area contributed by atoms with Gasteiger partial charge in [-0.15, -0.1) is 0 Å². The molecule has 2 aliphatic heterocycles. The smallest absolute Gasteiger partial charge is 0.261 e. The van der Waals surface area contributed by atoms with Crippen molar-refractivity contribution in [3.8, 4) is 5.75 Å². The lowest BCUT2D eigenvalue weighted by molar-refractivity contribution is -0.147. The number of hydrogen-bond acceptors (Lipinski definition) is 4. The van der Waals surface area contributed by atoms with Gasteiger partial charge in [0.05, 0.1) is 0 Å². The zero-order valence-electron chi connectivity index (χ0n) is 17.7. The largest absolute Gasteiger partial charge is 0.484 e.